The maximum absolute atomic E-state index is 12.5. The lowest BCUT2D eigenvalue weighted by Crippen LogP contribution is -2.33. The Morgan fingerprint density at radius 1 is 0.816 bits per heavy atom. The third kappa shape index (κ3) is 5.94. The molecule has 2 heterocycles. The maximum Gasteiger partial charge on any atom is 0.323 e. The number of anilines is 3. The van der Waals surface area contributed by atoms with Crippen LogP contribution in [-0.4, -0.2) is 32.7 Å². The van der Waals surface area contributed by atoms with Gasteiger partial charge in [-0.1, -0.05) is 78.6 Å². The molecule has 0 unspecified atom stereocenters. The number of amides is 1. The predicted octanol–water partition coefficient (Wildman–Crippen LogP) is 7.67. The van der Waals surface area contributed by atoms with E-state index in [9.17, 15) is 9.59 Å². The molecule has 1 saturated heterocycles. The lowest BCUT2D eigenvalue weighted by molar-refractivity contribution is -0.140. The number of carbonyl (C=O) groups is 2. The van der Waals surface area contributed by atoms with Gasteiger partial charge in [-0.3, -0.25) is 14.5 Å². The summed E-state index contributed by atoms with van der Waals surface area (Å²) in [5.41, 5.74) is 4.32. The van der Waals surface area contributed by atoms with Crippen molar-refractivity contribution in [3.05, 3.63) is 117 Å². The molecule has 3 aromatic carbocycles. The minimum atomic E-state index is -1.09. The van der Waals surface area contributed by atoms with Crippen molar-refractivity contribution in [1.82, 2.24) is 4.90 Å². The second kappa shape index (κ2) is 11.6. The molecule has 0 atom stereocenters. The van der Waals surface area contributed by atoms with Gasteiger partial charge in [0.1, 0.15) is 10.9 Å². The van der Waals surface area contributed by atoms with Gasteiger partial charge in [0.2, 0.25) is 0 Å². The SMILES string of the molecule is O=C(O)CN1C(=O)/C(=C/c2ccc(/C=C/c3ccc(N(c4ccccc4)c4ccccc4)cc3)s2)SC1=S. The molecule has 8 heteroatoms. The molecule has 5 rings (SSSR count). The molecule has 4 aromatic rings. The molecule has 1 aliphatic heterocycles. The average Bonchev–Trinajstić information content (AvgIpc) is 3.49. The molecule has 0 saturated carbocycles. The van der Waals surface area contributed by atoms with Crippen LogP contribution < -0.4 is 4.90 Å². The highest BCUT2D eigenvalue weighted by molar-refractivity contribution is 8.26. The third-order valence-corrected chi connectivity index (χ3v) is 8.08. The first-order valence-electron chi connectivity index (χ1n) is 11.7. The number of rotatable bonds is 8. The molecule has 1 aliphatic rings. The van der Waals surface area contributed by atoms with Crippen molar-refractivity contribution < 1.29 is 14.7 Å². The van der Waals surface area contributed by atoms with Crippen molar-refractivity contribution in [2.45, 2.75) is 0 Å². The average molecular weight is 555 g/mol. The topological polar surface area (TPSA) is 60.9 Å². The van der Waals surface area contributed by atoms with Crippen molar-refractivity contribution in [1.29, 1.82) is 0 Å². The van der Waals surface area contributed by atoms with Gasteiger partial charge in [0.05, 0.1) is 4.91 Å². The molecule has 188 valence electrons. The first-order chi connectivity index (χ1) is 18.5. The number of carboxylic acids is 1. The summed E-state index contributed by atoms with van der Waals surface area (Å²) in [5.74, 6) is -1.46. The molecule has 0 spiro atoms. The number of hydrogen-bond acceptors (Lipinski definition) is 6. The van der Waals surface area contributed by atoms with Gasteiger partial charge in [-0.15, -0.1) is 11.3 Å². The van der Waals surface area contributed by atoms with Crippen LogP contribution in [0.4, 0.5) is 17.1 Å². The summed E-state index contributed by atoms with van der Waals surface area (Å²) >= 11 is 7.84. The molecule has 0 aliphatic carbocycles. The number of thioether (sulfide) groups is 1. The van der Waals surface area contributed by atoms with Crippen LogP contribution >= 0.6 is 35.3 Å². The van der Waals surface area contributed by atoms with Gasteiger partial charge in [-0.2, -0.15) is 0 Å². The molecular formula is C30H22N2O3S3. The van der Waals surface area contributed by atoms with Crippen molar-refractivity contribution in [2.75, 3.05) is 11.4 Å². The highest BCUT2D eigenvalue weighted by Crippen LogP contribution is 2.35. The minimum Gasteiger partial charge on any atom is -0.480 e. The number of hydrogen-bond donors (Lipinski definition) is 1. The Kier molecular flexibility index (Phi) is 7.83. The highest BCUT2D eigenvalue weighted by atomic mass is 32.2. The molecule has 1 aromatic heterocycles. The molecule has 0 radical (unpaired) electrons. The molecule has 1 N–H and O–H groups in total. The van der Waals surface area contributed by atoms with E-state index in [4.69, 9.17) is 17.3 Å². The summed E-state index contributed by atoms with van der Waals surface area (Å²) in [7, 11) is 0. The van der Waals surface area contributed by atoms with Crippen LogP contribution in [0.3, 0.4) is 0 Å². The Morgan fingerprint density at radius 2 is 1.39 bits per heavy atom. The van der Waals surface area contributed by atoms with Gasteiger partial charge in [0.15, 0.2) is 0 Å². The number of thiocarbonyl (C=S) groups is 1. The number of carboxylic acid groups (broad SMARTS) is 1. The van der Waals surface area contributed by atoms with Gasteiger partial charge in [0.25, 0.3) is 5.91 Å². The molecule has 38 heavy (non-hydrogen) atoms. The molecule has 0 bridgehead atoms. The number of nitrogens with zero attached hydrogens (tertiary/aromatic N) is 2. The second-order valence-corrected chi connectivity index (χ2v) is 11.2. The van der Waals surface area contributed by atoms with E-state index in [1.165, 1.54) is 0 Å². The monoisotopic (exact) mass is 554 g/mol. The van der Waals surface area contributed by atoms with Crippen LogP contribution in [0.15, 0.2) is 102 Å². The van der Waals surface area contributed by atoms with Crippen LogP contribution in [0.2, 0.25) is 0 Å². The molecule has 1 amide bonds. The summed E-state index contributed by atoms with van der Waals surface area (Å²) < 4.78 is 0.266. The third-order valence-electron chi connectivity index (χ3n) is 5.71. The smallest absolute Gasteiger partial charge is 0.323 e. The van der Waals surface area contributed by atoms with Crippen molar-refractivity contribution in [3.8, 4) is 0 Å². The Morgan fingerprint density at radius 3 is 2.00 bits per heavy atom. The van der Waals surface area contributed by atoms with Crippen LogP contribution in [0.1, 0.15) is 15.3 Å². The van der Waals surface area contributed by atoms with Gasteiger partial charge in [-0.25, -0.2) is 0 Å². The molecular weight excluding hydrogens is 533 g/mol. The largest absolute Gasteiger partial charge is 0.480 e. The van der Waals surface area contributed by atoms with E-state index >= 15 is 0 Å². The van der Waals surface area contributed by atoms with Gasteiger partial charge >= 0.3 is 5.97 Å². The summed E-state index contributed by atoms with van der Waals surface area (Å²) in [6.45, 7) is -0.423. The van der Waals surface area contributed by atoms with Crippen molar-refractivity contribution in [3.63, 3.8) is 0 Å². The normalized spacial score (nSPS) is 14.5. The van der Waals surface area contributed by atoms with E-state index in [0.717, 1.165) is 49.0 Å². The lowest BCUT2D eigenvalue weighted by atomic mass is 10.1. The van der Waals surface area contributed by atoms with E-state index in [1.807, 2.05) is 54.6 Å². The van der Waals surface area contributed by atoms with Crippen LogP contribution in [-0.2, 0) is 9.59 Å². The van der Waals surface area contributed by atoms with Gasteiger partial charge in [-0.05, 0) is 66.2 Å². The highest BCUT2D eigenvalue weighted by Gasteiger charge is 2.33. The molecule has 5 nitrogen and oxygen atoms in total. The zero-order chi connectivity index (χ0) is 26.5. The van der Waals surface area contributed by atoms with Crippen LogP contribution in [0.25, 0.3) is 18.2 Å². The summed E-state index contributed by atoms with van der Waals surface area (Å²) in [6.07, 6.45) is 5.86. The summed E-state index contributed by atoms with van der Waals surface area (Å²) in [5, 5.41) is 9.00. The van der Waals surface area contributed by atoms with E-state index in [2.05, 4.69) is 59.5 Å². The number of para-hydroxylation sites is 2. The Bertz CT molecular complexity index is 1490. The maximum atomic E-state index is 12.5. The van der Waals surface area contributed by atoms with Crippen LogP contribution in [0, 0.1) is 0 Å². The number of carbonyl (C=O) groups excluding carboxylic acids is 1. The summed E-state index contributed by atoms with van der Waals surface area (Å²) in [4.78, 5) is 29.2. The second-order valence-electron chi connectivity index (χ2n) is 8.33. The van der Waals surface area contributed by atoms with Gasteiger partial charge < -0.3 is 10.0 Å². The van der Waals surface area contributed by atoms with Gasteiger partial charge in [0, 0.05) is 26.8 Å². The fourth-order valence-corrected chi connectivity index (χ4v) is 6.13. The zero-order valence-electron chi connectivity index (χ0n) is 20.1. The Labute approximate surface area is 234 Å². The van der Waals surface area contributed by atoms with E-state index in [-0.39, 0.29) is 10.2 Å². The van der Waals surface area contributed by atoms with Crippen molar-refractivity contribution in [2.24, 2.45) is 0 Å². The Balaban J connectivity index is 1.31. The zero-order valence-corrected chi connectivity index (χ0v) is 22.5. The fourth-order valence-electron chi connectivity index (χ4n) is 3.95. The standard InChI is InChI=1S/C30H22N2O3S3/c33-28(34)20-31-29(35)27(38-30(31)36)19-26-18-17-25(37-26)16-13-21-11-14-24(15-12-21)32(22-7-3-1-4-8-22)23-9-5-2-6-10-23/h1-19H,20H2,(H,33,34)/b16-13+,27-19-. The quantitative estimate of drug-likeness (QED) is 0.178. The predicted molar refractivity (Wildman–Crippen MR) is 162 cm³/mol. The first-order valence-corrected chi connectivity index (χ1v) is 13.8. The van der Waals surface area contributed by atoms with E-state index in [1.54, 1.807) is 17.4 Å². The Hall–Kier alpha value is -3.98. The number of benzene rings is 3. The first kappa shape index (κ1) is 25.7. The van der Waals surface area contributed by atoms with E-state index in [0.29, 0.717) is 4.91 Å². The lowest BCUT2D eigenvalue weighted by Gasteiger charge is -2.25. The summed E-state index contributed by atoms with van der Waals surface area (Å²) in [6, 6.07) is 32.9. The number of aliphatic carboxylic acids is 1. The van der Waals surface area contributed by atoms with Crippen molar-refractivity contribution >= 4 is 86.8 Å². The minimum absolute atomic E-state index is 0.266. The number of thiophene rings is 1. The fraction of sp³-hybridized carbons (Fsp3) is 0.0333. The van der Waals surface area contributed by atoms with E-state index < -0.39 is 12.5 Å². The molecule has 1 fully saturated rings. The van der Waals surface area contributed by atoms with Crippen LogP contribution in [0.5, 0.6) is 0 Å².